The Hall–Kier alpha value is -2.46. The summed E-state index contributed by atoms with van der Waals surface area (Å²) >= 11 is 0. The van der Waals surface area contributed by atoms with Gasteiger partial charge in [0.1, 0.15) is 0 Å². The summed E-state index contributed by atoms with van der Waals surface area (Å²) in [6.07, 6.45) is 6.83. The van der Waals surface area contributed by atoms with Gasteiger partial charge >= 0.3 is 0 Å². The minimum absolute atomic E-state index is 0.515. The van der Waals surface area contributed by atoms with E-state index in [2.05, 4.69) is 36.4 Å². The predicted octanol–water partition coefficient (Wildman–Crippen LogP) is 5.52. The summed E-state index contributed by atoms with van der Waals surface area (Å²) < 4.78 is 23.2. The molecule has 5 rings (SSSR count). The summed E-state index contributed by atoms with van der Waals surface area (Å²) in [5.74, 6) is 2.93. The molecule has 0 spiro atoms. The third-order valence-electron chi connectivity index (χ3n) is 6.67. The SMILES string of the molecule is COc1c(OC)c(OC)c2cc3ccccc3cc2c1CCC1CCC2OC2C1. The van der Waals surface area contributed by atoms with Crippen LogP contribution in [-0.4, -0.2) is 33.5 Å². The van der Waals surface area contributed by atoms with Crippen LogP contribution in [0.25, 0.3) is 21.5 Å². The molecule has 2 aliphatic rings. The summed E-state index contributed by atoms with van der Waals surface area (Å²) in [5.41, 5.74) is 1.21. The largest absolute Gasteiger partial charge is 0.492 e. The van der Waals surface area contributed by atoms with Crippen molar-refractivity contribution >= 4 is 21.5 Å². The lowest BCUT2D eigenvalue weighted by atomic mass is 9.84. The van der Waals surface area contributed by atoms with Crippen molar-refractivity contribution < 1.29 is 18.9 Å². The first-order chi connectivity index (χ1) is 14.2. The number of hydrogen-bond acceptors (Lipinski definition) is 4. The molecule has 3 unspecified atom stereocenters. The van der Waals surface area contributed by atoms with Crippen molar-refractivity contribution in [2.75, 3.05) is 21.3 Å². The molecule has 2 fully saturated rings. The van der Waals surface area contributed by atoms with E-state index in [-0.39, 0.29) is 0 Å². The molecule has 0 bridgehead atoms. The predicted molar refractivity (Wildman–Crippen MR) is 115 cm³/mol. The number of epoxide rings is 1. The molecule has 3 atom stereocenters. The number of aryl methyl sites for hydroxylation is 1. The molecule has 1 heterocycles. The van der Waals surface area contributed by atoms with Crippen LogP contribution in [0.3, 0.4) is 0 Å². The van der Waals surface area contributed by atoms with Crippen molar-refractivity contribution in [1.82, 2.24) is 0 Å². The van der Waals surface area contributed by atoms with E-state index in [4.69, 9.17) is 18.9 Å². The van der Waals surface area contributed by atoms with Crippen molar-refractivity contribution in [3.8, 4) is 17.2 Å². The first-order valence-electron chi connectivity index (χ1n) is 10.5. The Morgan fingerprint density at radius 3 is 2.17 bits per heavy atom. The van der Waals surface area contributed by atoms with Gasteiger partial charge in [-0.3, -0.25) is 0 Å². The van der Waals surface area contributed by atoms with Crippen LogP contribution in [0.1, 0.15) is 31.2 Å². The number of hydrogen-bond donors (Lipinski definition) is 0. The lowest BCUT2D eigenvalue weighted by Gasteiger charge is -2.23. The van der Waals surface area contributed by atoms with Crippen LogP contribution in [0, 0.1) is 5.92 Å². The summed E-state index contributed by atoms with van der Waals surface area (Å²) in [6.45, 7) is 0. The molecule has 152 valence electrons. The quantitative estimate of drug-likeness (QED) is 0.409. The Bertz CT molecular complexity index is 1060. The van der Waals surface area contributed by atoms with Gasteiger partial charge in [0.2, 0.25) is 5.75 Å². The van der Waals surface area contributed by atoms with E-state index in [1.807, 2.05) is 0 Å². The van der Waals surface area contributed by atoms with Gasteiger partial charge in [0.05, 0.1) is 33.5 Å². The number of benzene rings is 3. The zero-order valence-corrected chi connectivity index (χ0v) is 17.4. The molecular formula is C25H28O4. The first kappa shape index (κ1) is 18.6. The van der Waals surface area contributed by atoms with Gasteiger partial charge in [-0.05, 0) is 66.3 Å². The van der Waals surface area contributed by atoms with Crippen molar-refractivity contribution in [1.29, 1.82) is 0 Å². The van der Waals surface area contributed by atoms with Crippen LogP contribution in [0.15, 0.2) is 36.4 Å². The van der Waals surface area contributed by atoms with Gasteiger partial charge < -0.3 is 18.9 Å². The average molecular weight is 392 g/mol. The molecule has 1 aliphatic carbocycles. The standard InChI is InChI=1S/C25H28O4/c1-26-23-18(10-8-15-9-11-21-22(12-15)29-21)19-13-16-6-4-5-7-17(16)14-20(19)24(27-2)25(23)28-3/h4-7,13-15,21-22H,8-12H2,1-3H3. The lowest BCUT2D eigenvalue weighted by molar-refractivity contribution is 0.322. The van der Waals surface area contributed by atoms with Crippen LogP contribution >= 0.6 is 0 Å². The first-order valence-corrected chi connectivity index (χ1v) is 10.5. The van der Waals surface area contributed by atoms with E-state index < -0.39 is 0 Å². The summed E-state index contributed by atoms with van der Waals surface area (Å²) in [7, 11) is 5.10. The van der Waals surface area contributed by atoms with Gasteiger partial charge in [-0.1, -0.05) is 24.3 Å². The van der Waals surface area contributed by atoms with Crippen LogP contribution in [0.5, 0.6) is 17.2 Å². The number of methoxy groups -OCH3 is 3. The Kier molecular flexibility index (Phi) is 4.75. The molecule has 1 saturated heterocycles. The highest BCUT2D eigenvalue weighted by atomic mass is 16.6. The molecule has 4 nitrogen and oxygen atoms in total. The second-order valence-corrected chi connectivity index (χ2v) is 8.25. The molecule has 1 saturated carbocycles. The fraction of sp³-hybridized carbons (Fsp3) is 0.440. The Labute approximate surface area is 171 Å². The molecule has 0 aromatic heterocycles. The molecule has 3 aromatic rings. The Morgan fingerprint density at radius 2 is 1.52 bits per heavy atom. The number of fused-ring (bicyclic) bond motifs is 3. The highest BCUT2D eigenvalue weighted by molar-refractivity contribution is 6.05. The van der Waals surface area contributed by atoms with E-state index in [0.717, 1.165) is 29.7 Å². The van der Waals surface area contributed by atoms with E-state index in [1.54, 1.807) is 21.3 Å². The monoisotopic (exact) mass is 392 g/mol. The van der Waals surface area contributed by atoms with Crippen LogP contribution in [0.4, 0.5) is 0 Å². The van der Waals surface area contributed by atoms with E-state index in [9.17, 15) is 0 Å². The third-order valence-corrected chi connectivity index (χ3v) is 6.67. The summed E-state index contributed by atoms with van der Waals surface area (Å²) in [4.78, 5) is 0. The van der Waals surface area contributed by atoms with Gasteiger partial charge in [-0.15, -0.1) is 0 Å². The average Bonchev–Trinajstić information content (AvgIpc) is 3.54. The molecule has 4 heteroatoms. The summed E-state index contributed by atoms with van der Waals surface area (Å²) in [6, 6.07) is 12.9. The molecule has 1 aliphatic heterocycles. The number of rotatable bonds is 6. The second-order valence-electron chi connectivity index (χ2n) is 8.25. The van der Waals surface area contributed by atoms with E-state index in [0.29, 0.717) is 23.9 Å². The Balaban J connectivity index is 1.63. The van der Waals surface area contributed by atoms with Crippen LogP contribution < -0.4 is 14.2 Å². The maximum atomic E-state index is 5.87. The minimum atomic E-state index is 0.515. The minimum Gasteiger partial charge on any atom is -0.492 e. The molecular weight excluding hydrogens is 364 g/mol. The van der Waals surface area contributed by atoms with Gasteiger partial charge in [0.25, 0.3) is 0 Å². The van der Waals surface area contributed by atoms with Crippen molar-refractivity contribution in [2.45, 2.75) is 44.3 Å². The zero-order chi connectivity index (χ0) is 20.0. The molecule has 0 radical (unpaired) electrons. The topological polar surface area (TPSA) is 40.2 Å². The van der Waals surface area contributed by atoms with Gasteiger partial charge in [-0.2, -0.15) is 0 Å². The van der Waals surface area contributed by atoms with E-state index >= 15 is 0 Å². The summed E-state index contributed by atoms with van der Waals surface area (Å²) in [5, 5.41) is 4.69. The van der Waals surface area contributed by atoms with Crippen LogP contribution in [-0.2, 0) is 11.2 Å². The van der Waals surface area contributed by atoms with Gasteiger partial charge in [0.15, 0.2) is 11.5 Å². The highest BCUT2D eigenvalue weighted by Crippen LogP contribution is 2.49. The van der Waals surface area contributed by atoms with Gasteiger partial charge in [0, 0.05) is 10.9 Å². The van der Waals surface area contributed by atoms with Gasteiger partial charge in [-0.25, -0.2) is 0 Å². The fourth-order valence-electron chi connectivity index (χ4n) is 5.11. The zero-order valence-electron chi connectivity index (χ0n) is 17.4. The maximum absolute atomic E-state index is 5.87. The Morgan fingerprint density at radius 1 is 0.828 bits per heavy atom. The molecule has 0 amide bonds. The van der Waals surface area contributed by atoms with Crippen molar-refractivity contribution in [3.05, 3.63) is 42.0 Å². The molecule has 29 heavy (non-hydrogen) atoms. The molecule has 3 aromatic carbocycles. The molecule has 0 N–H and O–H groups in total. The fourth-order valence-corrected chi connectivity index (χ4v) is 5.11. The lowest BCUT2D eigenvalue weighted by Crippen LogP contribution is -2.14. The maximum Gasteiger partial charge on any atom is 0.204 e. The normalized spacial score (nSPS) is 23.1. The second kappa shape index (κ2) is 7.42. The smallest absolute Gasteiger partial charge is 0.204 e. The third kappa shape index (κ3) is 3.20. The van der Waals surface area contributed by atoms with Crippen molar-refractivity contribution in [2.24, 2.45) is 5.92 Å². The van der Waals surface area contributed by atoms with E-state index in [1.165, 1.54) is 41.0 Å². The number of ether oxygens (including phenoxy) is 4. The van der Waals surface area contributed by atoms with Crippen LogP contribution in [0.2, 0.25) is 0 Å². The highest BCUT2D eigenvalue weighted by Gasteiger charge is 2.43. The van der Waals surface area contributed by atoms with Crippen molar-refractivity contribution in [3.63, 3.8) is 0 Å².